The summed E-state index contributed by atoms with van der Waals surface area (Å²) < 4.78 is 5.80. The number of amides is 1. The number of carboxylic acid groups (broad SMARTS) is 1. The van der Waals surface area contributed by atoms with Gasteiger partial charge in [0, 0.05) is 12.5 Å². The Balaban J connectivity index is 1.58. The third kappa shape index (κ3) is 2.38. The van der Waals surface area contributed by atoms with Crippen molar-refractivity contribution in [2.24, 2.45) is 5.92 Å². The predicted octanol–water partition coefficient (Wildman–Crippen LogP) is 2.23. The number of carbonyl (C=O) groups is 2. The molecule has 4 unspecified atom stereocenters. The van der Waals surface area contributed by atoms with E-state index < -0.39 is 18.1 Å². The molecule has 5 heteroatoms. The molecule has 1 aromatic carbocycles. The van der Waals surface area contributed by atoms with Crippen molar-refractivity contribution in [2.75, 3.05) is 0 Å². The number of nitrogens with zero attached hydrogens (tertiary/aromatic N) is 1. The van der Waals surface area contributed by atoms with Crippen LogP contribution in [0.25, 0.3) is 0 Å². The first-order chi connectivity index (χ1) is 11.1. The van der Waals surface area contributed by atoms with Crippen LogP contribution in [-0.2, 0) is 16.0 Å². The van der Waals surface area contributed by atoms with E-state index >= 15 is 0 Å². The van der Waals surface area contributed by atoms with Gasteiger partial charge in [0.25, 0.3) is 5.91 Å². The number of carboxylic acids is 1. The van der Waals surface area contributed by atoms with E-state index in [0.717, 1.165) is 37.0 Å². The molecule has 1 amide bonds. The maximum Gasteiger partial charge on any atom is 0.326 e. The first kappa shape index (κ1) is 14.5. The van der Waals surface area contributed by atoms with Gasteiger partial charge in [0.15, 0.2) is 6.10 Å². The van der Waals surface area contributed by atoms with E-state index in [1.807, 2.05) is 24.3 Å². The lowest BCUT2D eigenvalue weighted by atomic mass is 9.84. The molecule has 122 valence electrons. The van der Waals surface area contributed by atoms with Gasteiger partial charge in [-0.15, -0.1) is 0 Å². The molecule has 4 atom stereocenters. The molecular weight excluding hydrogens is 294 g/mol. The molecule has 1 N–H and O–H groups in total. The molecule has 1 aliphatic carbocycles. The molecule has 4 rings (SSSR count). The number of fused-ring (bicyclic) bond motifs is 2. The molecule has 5 nitrogen and oxygen atoms in total. The summed E-state index contributed by atoms with van der Waals surface area (Å²) in [5.74, 6) is 0.0426. The number of benzene rings is 1. The SMILES string of the molecule is O=C(O)C1CC2CCCCC2N1C(=O)C1Cc2ccccc2O1. The van der Waals surface area contributed by atoms with E-state index in [1.54, 1.807) is 4.90 Å². The summed E-state index contributed by atoms with van der Waals surface area (Å²) in [5, 5.41) is 9.56. The van der Waals surface area contributed by atoms with Crippen LogP contribution >= 0.6 is 0 Å². The van der Waals surface area contributed by atoms with Crippen molar-refractivity contribution in [2.45, 2.75) is 56.7 Å². The average Bonchev–Trinajstić information content (AvgIpc) is 3.15. The minimum Gasteiger partial charge on any atom is -0.480 e. The highest BCUT2D eigenvalue weighted by Gasteiger charge is 2.49. The Labute approximate surface area is 135 Å². The molecule has 2 aliphatic heterocycles. The zero-order valence-electron chi connectivity index (χ0n) is 13.0. The van der Waals surface area contributed by atoms with Crippen LogP contribution in [0.1, 0.15) is 37.7 Å². The van der Waals surface area contributed by atoms with Gasteiger partial charge in [-0.25, -0.2) is 4.79 Å². The van der Waals surface area contributed by atoms with Crippen LogP contribution in [0.3, 0.4) is 0 Å². The second-order valence-electron chi connectivity index (χ2n) is 6.87. The summed E-state index contributed by atoms with van der Waals surface area (Å²) >= 11 is 0. The quantitative estimate of drug-likeness (QED) is 0.909. The Morgan fingerprint density at radius 1 is 1.17 bits per heavy atom. The zero-order valence-corrected chi connectivity index (χ0v) is 13.0. The van der Waals surface area contributed by atoms with Crippen molar-refractivity contribution in [1.82, 2.24) is 4.90 Å². The Morgan fingerprint density at radius 3 is 2.74 bits per heavy atom. The Kier molecular flexibility index (Phi) is 3.51. The summed E-state index contributed by atoms with van der Waals surface area (Å²) in [6.07, 6.45) is 4.71. The lowest BCUT2D eigenvalue weighted by Gasteiger charge is -2.34. The maximum absolute atomic E-state index is 13.0. The standard InChI is InChI=1S/C18H21NO4/c20-17(16-10-12-6-2-4-8-15(12)23-16)19-13-7-3-1-5-11(13)9-14(19)18(21)22/h2,4,6,8,11,13-14,16H,1,3,5,7,9-10H2,(H,21,22). The van der Waals surface area contributed by atoms with E-state index in [-0.39, 0.29) is 11.9 Å². The van der Waals surface area contributed by atoms with Crippen LogP contribution in [0.2, 0.25) is 0 Å². The molecular formula is C18H21NO4. The van der Waals surface area contributed by atoms with Crippen molar-refractivity contribution < 1.29 is 19.4 Å². The minimum atomic E-state index is -0.886. The molecule has 2 heterocycles. The van der Waals surface area contributed by atoms with Gasteiger partial charge >= 0.3 is 5.97 Å². The maximum atomic E-state index is 13.0. The van der Waals surface area contributed by atoms with Crippen LogP contribution < -0.4 is 4.74 Å². The largest absolute Gasteiger partial charge is 0.480 e. The lowest BCUT2D eigenvalue weighted by Crippen LogP contribution is -2.51. The van der Waals surface area contributed by atoms with Crippen molar-refractivity contribution in [3.63, 3.8) is 0 Å². The highest BCUT2D eigenvalue weighted by molar-refractivity contribution is 5.88. The number of para-hydroxylation sites is 1. The first-order valence-corrected chi connectivity index (χ1v) is 8.44. The summed E-state index contributed by atoms with van der Waals surface area (Å²) in [4.78, 5) is 26.3. The van der Waals surface area contributed by atoms with Crippen molar-refractivity contribution >= 4 is 11.9 Å². The normalized spacial score (nSPS) is 32.1. The van der Waals surface area contributed by atoms with E-state index in [1.165, 1.54) is 0 Å². The third-order valence-electron chi connectivity index (χ3n) is 5.55. The van der Waals surface area contributed by atoms with Gasteiger partial charge < -0.3 is 14.7 Å². The van der Waals surface area contributed by atoms with Crippen molar-refractivity contribution in [1.29, 1.82) is 0 Å². The fraction of sp³-hybridized carbons (Fsp3) is 0.556. The fourth-order valence-corrected chi connectivity index (χ4v) is 4.48. The summed E-state index contributed by atoms with van der Waals surface area (Å²) in [6.45, 7) is 0. The molecule has 0 spiro atoms. The molecule has 1 saturated heterocycles. The van der Waals surface area contributed by atoms with Crippen molar-refractivity contribution in [3.05, 3.63) is 29.8 Å². The molecule has 2 fully saturated rings. The number of rotatable bonds is 2. The van der Waals surface area contributed by atoms with Gasteiger partial charge in [0.1, 0.15) is 11.8 Å². The smallest absolute Gasteiger partial charge is 0.326 e. The predicted molar refractivity (Wildman–Crippen MR) is 83.2 cm³/mol. The van der Waals surface area contributed by atoms with Gasteiger partial charge in [-0.1, -0.05) is 31.0 Å². The second kappa shape index (κ2) is 5.55. The zero-order chi connectivity index (χ0) is 16.0. The summed E-state index contributed by atoms with van der Waals surface area (Å²) in [6, 6.07) is 7.03. The lowest BCUT2D eigenvalue weighted by molar-refractivity contribution is -0.153. The highest BCUT2D eigenvalue weighted by Crippen LogP contribution is 2.41. The average molecular weight is 315 g/mol. The van der Waals surface area contributed by atoms with Crippen LogP contribution in [-0.4, -0.2) is 40.1 Å². The summed E-state index contributed by atoms with van der Waals surface area (Å²) in [7, 11) is 0. The number of hydrogen-bond donors (Lipinski definition) is 1. The molecule has 3 aliphatic rings. The van der Waals surface area contributed by atoms with Gasteiger partial charge in [-0.2, -0.15) is 0 Å². The highest BCUT2D eigenvalue weighted by atomic mass is 16.5. The van der Waals surface area contributed by atoms with E-state index in [0.29, 0.717) is 18.8 Å². The molecule has 23 heavy (non-hydrogen) atoms. The number of carbonyl (C=O) groups excluding carboxylic acids is 1. The van der Waals surface area contributed by atoms with Gasteiger partial charge in [-0.3, -0.25) is 4.79 Å². The van der Waals surface area contributed by atoms with E-state index in [4.69, 9.17) is 4.74 Å². The molecule has 1 aromatic rings. The number of ether oxygens (including phenoxy) is 1. The Morgan fingerprint density at radius 2 is 1.96 bits per heavy atom. The molecule has 0 radical (unpaired) electrons. The van der Waals surface area contributed by atoms with Crippen LogP contribution in [0, 0.1) is 5.92 Å². The van der Waals surface area contributed by atoms with Crippen molar-refractivity contribution in [3.8, 4) is 5.75 Å². The minimum absolute atomic E-state index is 0.0738. The second-order valence-corrected chi connectivity index (χ2v) is 6.87. The van der Waals surface area contributed by atoms with Crippen LogP contribution in [0.15, 0.2) is 24.3 Å². The fourth-order valence-electron chi connectivity index (χ4n) is 4.48. The molecule has 1 saturated carbocycles. The van der Waals surface area contributed by atoms with Gasteiger partial charge in [0.2, 0.25) is 0 Å². The van der Waals surface area contributed by atoms with E-state index in [9.17, 15) is 14.7 Å². The first-order valence-electron chi connectivity index (χ1n) is 8.44. The Bertz CT molecular complexity index is 619. The topological polar surface area (TPSA) is 66.8 Å². The molecule has 0 bridgehead atoms. The van der Waals surface area contributed by atoms with Gasteiger partial charge in [0.05, 0.1) is 0 Å². The summed E-state index contributed by atoms with van der Waals surface area (Å²) in [5.41, 5.74) is 1.03. The van der Waals surface area contributed by atoms with Crippen LogP contribution in [0.4, 0.5) is 0 Å². The number of likely N-dealkylation sites (tertiary alicyclic amines) is 1. The number of hydrogen-bond acceptors (Lipinski definition) is 3. The van der Waals surface area contributed by atoms with E-state index in [2.05, 4.69) is 0 Å². The monoisotopic (exact) mass is 315 g/mol. The third-order valence-corrected chi connectivity index (χ3v) is 5.55. The van der Waals surface area contributed by atoms with Crippen LogP contribution in [0.5, 0.6) is 5.75 Å². The van der Waals surface area contributed by atoms with Gasteiger partial charge in [-0.05, 0) is 36.8 Å². The Hall–Kier alpha value is -2.04. The number of aliphatic carboxylic acids is 1. The molecule has 0 aromatic heterocycles.